The van der Waals surface area contributed by atoms with Crippen molar-refractivity contribution in [2.75, 3.05) is 6.61 Å². The average Bonchev–Trinajstić information content (AvgIpc) is 3.23. The van der Waals surface area contributed by atoms with E-state index in [9.17, 15) is 18.7 Å². The van der Waals surface area contributed by atoms with Gasteiger partial charge in [-0.25, -0.2) is 18.6 Å². The summed E-state index contributed by atoms with van der Waals surface area (Å²) in [7, 11) is 0. The summed E-state index contributed by atoms with van der Waals surface area (Å²) in [5.41, 5.74) is 0.713. The van der Waals surface area contributed by atoms with Crippen molar-refractivity contribution in [1.82, 2.24) is 4.98 Å². The molecular weight excluding hydrogens is 468 g/mol. The monoisotopic (exact) mass is 493 g/mol. The van der Waals surface area contributed by atoms with Crippen molar-refractivity contribution in [2.24, 2.45) is 0 Å². The van der Waals surface area contributed by atoms with Gasteiger partial charge in [-0.1, -0.05) is 30.3 Å². The van der Waals surface area contributed by atoms with E-state index in [-0.39, 0.29) is 12.2 Å². The fraction of sp³-hybridized carbons (Fsp3) is 0.214. The Morgan fingerprint density at radius 3 is 2.36 bits per heavy atom. The number of hydrogen-bond acceptors (Lipinski definition) is 5. The van der Waals surface area contributed by atoms with Gasteiger partial charge < -0.3 is 19.0 Å². The van der Waals surface area contributed by atoms with Crippen LogP contribution >= 0.6 is 0 Å². The van der Waals surface area contributed by atoms with Gasteiger partial charge in [0.05, 0.1) is 12.3 Å². The topological polar surface area (TPSA) is 81.8 Å². The lowest BCUT2D eigenvalue weighted by Crippen LogP contribution is -2.43. The lowest BCUT2D eigenvalue weighted by molar-refractivity contribution is -0.153. The van der Waals surface area contributed by atoms with E-state index in [1.807, 2.05) is 37.3 Å². The van der Waals surface area contributed by atoms with Crippen molar-refractivity contribution in [2.45, 2.75) is 32.3 Å². The molecule has 36 heavy (non-hydrogen) atoms. The van der Waals surface area contributed by atoms with E-state index in [2.05, 4.69) is 4.98 Å². The molecule has 0 aliphatic rings. The highest BCUT2D eigenvalue weighted by atomic mass is 19.2. The van der Waals surface area contributed by atoms with E-state index >= 15 is 0 Å². The second-order valence-corrected chi connectivity index (χ2v) is 8.52. The lowest BCUT2D eigenvalue weighted by atomic mass is 9.96. The second-order valence-electron chi connectivity index (χ2n) is 8.52. The zero-order valence-corrected chi connectivity index (χ0v) is 19.8. The van der Waals surface area contributed by atoms with E-state index in [1.54, 1.807) is 24.3 Å². The maximum Gasteiger partial charge on any atom is 0.348 e. The number of ether oxygens (including phenoxy) is 2. The first-order valence-corrected chi connectivity index (χ1v) is 11.3. The fourth-order valence-corrected chi connectivity index (χ4v) is 3.68. The molecule has 0 aliphatic carbocycles. The quantitative estimate of drug-likeness (QED) is 0.291. The largest absolute Gasteiger partial charge is 0.493 e. The van der Waals surface area contributed by atoms with Crippen molar-refractivity contribution < 1.29 is 32.6 Å². The summed E-state index contributed by atoms with van der Waals surface area (Å²) >= 11 is 0. The molecule has 0 radical (unpaired) electrons. The van der Waals surface area contributed by atoms with Crippen LogP contribution < -0.4 is 9.47 Å². The number of benzene rings is 3. The van der Waals surface area contributed by atoms with Crippen LogP contribution in [-0.2, 0) is 17.6 Å². The van der Waals surface area contributed by atoms with Crippen molar-refractivity contribution in [3.05, 3.63) is 101 Å². The van der Waals surface area contributed by atoms with Gasteiger partial charge in [0.25, 0.3) is 0 Å². The Hall–Kier alpha value is -4.20. The number of carboxylic acids is 1. The molecule has 1 aromatic heterocycles. The Bertz CT molecular complexity index is 1340. The molecule has 0 spiro atoms. The molecule has 1 heterocycles. The highest BCUT2D eigenvalue weighted by Gasteiger charge is 2.36. The number of halogens is 2. The molecular formula is C28H25F2NO5. The molecule has 8 heteroatoms. The number of carbonyl (C=O) groups is 1. The van der Waals surface area contributed by atoms with Crippen LogP contribution in [0.25, 0.3) is 11.5 Å². The van der Waals surface area contributed by atoms with Crippen LogP contribution in [0.1, 0.15) is 23.9 Å². The van der Waals surface area contributed by atoms with Gasteiger partial charge in [-0.05, 0) is 55.8 Å². The lowest BCUT2D eigenvalue weighted by Gasteiger charge is -2.26. The first kappa shape index (κ1) is 24.9. The number of aromatic nitrogens is 1. The molecule has 1 N–H and O–H groups in total. The summed E-state index contributed by atoms with van der Waals surface area (Å²) in [5.74, 6) is -1.53. The molecule has 186 valence electrons. The maximum atomic E-state index is 13.5. The molecule has 0 aliphatic heterocycles. The highest BCUT2D eigenvalue weighted by molar-refractivity contribution is 5.78. The zero-order valence-electron chi connectivity index (χ0n) is 19.8. The Morgan fingerprint density at radius 1 is 1.00 bits per heavy atom. The van der Waals surface area contributed by atoms with Gasteiger partial charge in [0.15, 0.2) is 11.6 Å². The predicted molar refractivity (Wildman–Crippen MR) is 129 cm³/mol. The van der Waals surface area contributed by atoms with Crippen LogP contribution in [0.5, 0.6) is 11.5 Å². The number of hydrogen-bond donors (Lipinski definition) is 1. The summed E-state index contributed by atoms with van der Waals surface area (Å²) in [6, 6.07) is 19.5. The number of aliphatic carboxylic acids is 1. The first-order valence-electron chi connectivity index (χ1n) is 11.3. The summed E-state index contributed by atoms with van der Waals surface area (Å²) in [4.78, 5) is 16.5. The molecule has 0 bridgehead atoms. The standard InChI is InChI=1S/C28H25F2NO5/c1-18-25(31-26(35-18)20-6-4-3-5-7-20)14-15-34-21-10-8-19(9-11-21)17-28(2,27(32)33)36-22-12-13-23(29)24(30)16-22/h3-13,16H,14-15,17H2,1-2H3,(H,32,33). The Kier molecular flexibility index (Phi) is 7.33. The minimum atomic E-state index is -1.69. The second kappa shape index (κ2) is 10.6. The molecule has 0 saturated heterocycles. The van der Waals surface area contributed by atoms with Gasteiger partial charge in [-0.15, -0.1) is 0 Å². The highest BCUT2D eigenvalue weighted by Crippen LogP contribution is 2.26. The van der Waals surface area contributed by atoms with Crippen LogP contribution in [0, 0.1) is 18.6 Å². The van der Waals surface area contributed by atoms with Crippen molar-refractivity contribution in [1.29, 1.82) is 0 Å². The van der Waals surface area contributed by atoms with Gasteiger partial charge in [0.2, 0.25) is 11.5 Å². The molecule has 0 saturated carbocycles. The minimum absolute atomic E-state index is 0.00199. The zero-order chi connectivity index (χ0) is 25.7. The average molecular weight is 494 g/mol. The number of oxazole rings is 1. The summed E-state index contributed by atoms with van der Waals surface area (Å²) in [6.07, 6.45) is 0.561. The molecule has 6 nitrogen and oxygen atoms in total. The predicted octanol–water partition coefficient (Wildman–Crippen LogP) is 6.01. The minimum Gasteiger partial charge on any atom is -0.493 e. The van der Waals surface area contributed by atoms with Crippen LogP contribution in [0.15, 0.2) is 77.2 Å². The molecule has 3 aromatic carbocycles. The van der Waals surface area contributed by atoms with E-state index in [4.69, 9.17) is 13.9 Å². The normalized spacial score (nSPS) is 12.7. The van der Waals surface area contributed by atoms with Crippen LogP contribution in [-0.4, -0.2) is 28.3 Å². The number of rotatable bonds is 10. The molecule has 4 rings (SSSR count). The first-order chi connectivity index (χ1) is 17.2. The van der Waals surface area contributed by atoms with E-state index in [0.717, 1.165) is 29.2 Å². The third-order valence-electron chi connectivity index (χ3n) is 5.67. The molecule has 0 fully saturated rings. The van der Waals surface area contributed by atoms with E-state index in [1.165, 1.54) is 13.0 Å². The van der Waals surface area contributed by atoms with Crippen molar-refractivity contribution in [3.8, 4) is 23.0 Å². The maximum absolute atomic E-state index is 13.5. The molecule has 1 atom stereocenters. The number of aryl methyl sites for hydroxylation is 1. The van der Waals surface area contributed by atoms with E-state index < -0.39 is 23.2 Å². The Labute approximate surface area is 207 Å². The fourth-order valence-electron chi connectivity index (χ4n) is 3.68. The third kappa shape index (κ3) is 5.89. The van der Waals surface area contributed by atoms with Gasteiger partial charge in [-0.2, -0.15) is 0 Å². The van der Waals surface area contributed by atoms with Gasteiger partial charge in [0, 0.05) is 24.5 Å². The third-order valence-corrected chi connectivity index (χ3v) is 5.67. The summed E-state index contributed by atoms with van der Waals surface area (Å²) in [5, 5.41) is 9.72. The molecule has 1 unspecified atom stereocenters. The van der Waals surface area contributed by atoms with Crippen LogP contribution in [0.3, 0.4) is 0 Å². The molecule has 0 amide bonds. The smallest absolute Gasteiger partial charge is 0.348 e. The van der Waals surface area contributed by atoms with Crippen molar-refractivity contribution in [3.63, 3.8) is 0 Å². The number of carboxylic acid groups (broad SMARTS) is 1. The van der Waals surface area contributed by atoms with Crippen molar-refractivity contribution >= 4 is 5.97 Å². The van der Waals surface area contributed by atoms with Gasteiger partial charge in [0.1, 0.15) is 17.3 Å². The van der Waals surface area contributed by atoms with Crippen LogP contribution in [0.2, 0.25) is 0 Å². The Balaban J connectivity index is 1.35. The number of nitrogens with zero attached hydrogens (tertiary/aromatic N) is 1. The van der Waals surface area contributed by atoms with Gasteiger partial charge in [-0.3, -0.25) is 0 Å². The molecule has 4 aromatic rings. The van der Waals surface area contributed by atoms with Crippen LogP contribution in [0.4, 0.5) is 8.78 Å². The summed E-state index contributed by atoms with van der Waals surface area (Å²) in [6.45, 7) is 3.63. The SMILES string of the molecule is Cc1oc(-c2ccccc2)nc1CCOc1ccc(CC(C)(Oc2ccc(F)c(F)c2)C(=O)O)cc1. The van der Waals surface area contributed by atoms with E-state index in [0.29, 0.717) is 30.2 Å². The Morgan fingerprint density at radius 2 is 1.69 bits per heavy atom. The van der Waals surface area contributed by atoms with Gasteiger partial charge >= 0.3 is 5.97 Å². The summed E-state index contributed by atoms with van der Waals surface area (Å²) < 4.78 is 43.8.